The molecule has 1 aliphatic heterocycles. The molecule has 0 fully saturated rings. The number of benzene rings is 5. The lowest BCUT2D eigenvalue weighted by molar-refractivity contribution is -0.114. The van der Waals surface area contributed by atoms with Gasteiger partial charge in [-0.1, -0.05) is 115 Å². The number of ether oxygens (including phenoxy) is 1. The van der Waals surface area contributed by atoms with Crippen molar-refractivity contribution in [1.29, 1.82) is 0 Å². The van der Waals surface area contributed by atoms with Crippen molar-refractivity contribution >= 4 is 23.2 Å². The predicted molar refractivity (Wildman–Crippen MR) is 182 cm³/mol. The first-order chi connectivity index (χ1) is 21.3. The summed E-state index contributed by atoms with van der Waals surface area (Å²) in [4.78, 5) is 15.8. The maximum absolute atomic E-state index is 13.9. The summed E-state index contributed by atoms with van der Waals surface area (Å²) in [6.45, 7) is 6.33. The van der Waals surface area contributed by atoms with Crippen LogP contribution in [0.25, 0.3) is 11.6 Å². The maximum atomic E-state index is 13.9. The normalized spacial score (nSPS) is 14.2. The Kier molecular flexibility index (Phi) is 7.80. The van der Waals surface area contributed by atoms with Crippen LogP contribution in [0, 0.1) is 0 Å². The lowest BCUT2D eigenvalue weighted by atomic mass is 9.64. The van der Waals surface area contributed by atoms with Crippen molar-refractivity contribution in [1.82, 2.24) is 0 Å². The summed E-state index contributed by atoms with van der Waals surface area (Å²) in [5.41, 5.74) is 7.69. The first-order valence-corrected chi connectivity index (χ1v) is 15.0. The summed E-state index contributed by atoms with van der Waals surface area (Å²) in [7, 11) is 1.65. The molecule has 5 aromatic rings. The molecule has 0 spiro atoms. The summed E-state index contributed by atoms with van der Waals surface area (Å²) >= 11 is 0. The van der Waals surface area contributed by atoms with Gasteiger partial charge in [0, 0.05) is 11.6 Å². The molecule has 0 bridgehead atoms. The van der Waals surface area contributed by atoms with Crippen molar-refractivity contribution in [2.24, 2.45) is 0 Å². The van der Waals surface area contributed by atoms with Crippen molar-refractivity contribution in [2.75, 3.05) is 12.0 Å². The molecule has 3 heteroatoms. The third kappa shape index (κ3) is 5.16. The Morgan fingerprint density at radius 3 is 1.73 bits per heavy atom. The van der Waals surface area contributed by atoms with Gasteiger partial charge >= 0.3 is 0 Å². The number of hydrogen-bond acceptors (Lipinski definition) is 2. The molecular weight excluding hydrogens is 538 g/mol. The lowest BCUT2D eigenvalue weighted by Gasteiger charge is -2.42. The molecule has 0 radical (unpaired) electrons. The van der Waals surface area contributed by atoms with Gasteiger partial charge in [0.05, 0.1) is 23.8 Å². The zero-order valence-electron chi connectivity index (χ0n) is 25.7. The van der Waals surface area contributed by atoms with Gasteiger partial charge in [-0.05, 0) is 84.5 Å². The van der Waals surface area contributed by atoms with Crippen molar-refractivity contribution in [3.8, 4) is 5.75 Å². The Morgan fingerprint density at radius 1 is 0.705 bits per heavy atom. The number of nitrogens with zero attached hydrogens (tertiary/aromatic N) is 1. The van der Waals surface area contributed by atoms with Crippen molar-refractivity contribution < 1.29 is 9.53 Å². The van der Waals surface area contributed by atoms with Crippen LogP contribution < -0.4 is 9.64 Å². The SMILES string of the molecule is COc1ccc(/C=C\C(=O)N2c3ccc(C(c4ccccc4)(c4ccccc4)c4ccccc4)cc3C(C)=CC2(C)C)cc1. The summed E-state index contributed by atoms with van der Waals surface area (Å²) in [5, 5.41) is 0. The molecule has 0 saturated heterocycles. The highest BCUT2D eigenvalue weighted by Crippen LogP contribution is 2.48. The minimum Gasteiger partial charge on any atom is -0.497 e. The Bertz CT molecular complexity index is 1720. The number of carbonyl (C=O) groups excluding carboxylic acids is 1. The first-order valence-electron chi connectivity index (χ1n) is 15.0. The topological polar surface area (TPSA) is 29.5 Å². The van der Waals surface area contributed by atoms with Gasteiger partial charge in [-0.2, -0.15) is 0 Å². The molecule has 44 heavy (non-hydrogen) atoms. The molecule has 1 aliphatic rings. The molecular formula is C41H37NO2. The van der Waals surface area contributed by atoms with Gasteiger partial charge in [-0.15, -0.1) is 0 Å². The number of rotatable bonds is 7. The van der Waals surface area contributed by atoms with Crippen LogP contribution in [0.15, 0.2) is 146 Å². The van der Waals surface area contributed by atoms with Crippen LogP contribution in [0.4, 0.5) is 5.69 Å². The van der Waals surface area contributed by atoms with Gasteiger partial charge in [0.2, 0.25) is 0 Å². The lowest BCUT2D eigenvalue weighted by Crippen LogP contribution is -2.48. The van der Waals surface area contributed by atoms with Gasteiger partial charge in [0.1, 0.15) is 5.75 Å². The quantitative estimate of drug-likeness (QED) is 0.143. The predicted octanol–water partition coefficient (Wildman–Crippen LogP) is 9.32. The number of methoxy groups -OCH3 is 1. The van der Waals surface area contributed by atoms with E-state index in [1.54, 1.807) is 13.2 Å². The van der Waals surface area contributed by atoms with E-state index in [0.717, 1.165) is 33.7 Å². The standard InChI is InChI=1S/C41H37NO2/c1-30-29-40(2,3)42(39(43)27-22-31-20-24-36(44-4)25-21-31)38-26-23-35(28-37(30)38)41(32-14-8-5-9-15-32,33-16-10-6-11-17-33)34-18-12-7-13-19-34/h5-29H,1-4H3/b27-22-. The highest BCUT2D eigenvalue weighted by molar-refractivity contribution is 6.08. The second-order valence-electron chi connectivity index (χ2n) is 11.8. The molecule has 6 rings (SSSR count). The summed E-state index contributed by atoms with van der Waals surface area (Å²) in [5.74, 6) is 0.720. The molecule has 0 aliphatic carbocycles. The van der Waals surface area contributed by atoms with Crippen molar-refractivity contribution in [3.05, 3.63) is 179 Å². The summed E-state index contributed by atoms with van der Waals surface area (Å²) in [6.07, 6.45) is 5.73. The Balaban J connectivity index is 1.52. The van der Waals surface area contributed by atoms with Crippen LogP contribution in [0.1, 0.15) is 54.2 Å². The molecule has 1 heterocycles. The number of anilines is 1. The van der Waals surface area contributed by atoms with Gasteiger partial charge in [-0.25, -0.2) is 0 Å². The second-order valence-corrected chi connectivity index (χ2v) is 11.8. The van der Waals surface area contributed by atoms with E-state index in [-0.39, 0.29) is 5.91 Å². The summed E-state index contributed by atoms with van der Waals surface area (Å²) < 4.78 is 5.28. The Hall–Kier alpha value is -5.15. The van der Waals surface area contributed by atoms with E-state index in [1.165, 1.54) is 16.7 Å². The zero-order chi connectivity index (χ0) is 30.7. The number of carbonyl (C=O) groups is 1. The van der Waals surface area contributed by atoms with Crippen LogP contribution in [-0.4, -0.2) is 18.6 Å². The van der Waals surface area contributed by atoms with Crippen LogP contribution in [-0.2, 0) is 10.2 Å². The molecule has 0 saturated carbocycles. The molecule has 0 aromatic heterocycles. The third-order valence-electron chi connectivity index (χ3n) is 8.62. The monoisotopic (exact) mass is 575 g/mol. The average molecular weight is 576 g/mol. The second kappa shape index (κ2) is 11.9. The van der Waals surface area contributed by atoms with Gasteiger partial charge < -0.3 is 4.74 Å². The Morgan fingerprint density at radius 2 is 1.23 bits per heavy atom. The highest BCUT2D eigenvalue weighted by Gasteiger charge is 2.40. The number of hydrogen-bond donors (Lipinski definition) is 0. The largest absolute Gasteiger partial charge is 0.497 e. The van der Waals surface area contributed by atoms with Crippen LogP contribution in [0.2, 0.25) is 0 Å². The van der Waals surface area contributed by atoms with Crippen molar-refractivity contribution in [3.63, 3.8) is 0 Å². The first kappa shape index (κ1) is 28.9. The minimum absolute atomic E-state index is 0.0657. The van der Waals surface area contributed by atoms with E-state index in [9.17, 15) is 4.79 Å². The van der Waals surface area contributed by atoms with Crippen LogP contribution in [0.3, 0.4) is 0 Å². The van der Waals surface area contributed by atoms with Gasteiger partial charge in [0.25, 0.3) is 5.91 Å². The van der Waals surface area contributed by atoms with E-state index in [0.29, 0.717) is 0 Å². The van der Waals surface area contributed by atoms with Crippen LogP contribution >= 0.6 is 0 Å². The van der Waals surface area contributed by atoms with Crippen molar-refractivity contribution in [2.45, 2.75) is 31.7 Å². The minimum atomic E-state index is -0.560. The molecule has 0 N–H and O–H groups in total. The molecule has 3 nitrogen and oxygen atoms in total. The molecule has 1 amide bonds. The molecule has 218 valence electrons. The fourth-order valence-electron chi connectivity index (χ4n) is 6.69. The number of allylic oxidation sites excluding steroid dienone is 1. The van der Waals surface area contributed by atoms with E-state index in [1.807, 2.05) is 35.2 Å². The fourth-order valence-corrected chi connectivity index (χ4v) is 6.69. The van der Waals surface area contributed by atoms with E-state index in [2.05, 4.69) is 136 Å². The van der Waals surface area contributed by atoms with E-state index in [4.69, 9.17) is 4.74 Å². The maximum Gasteiger partial charge on any atom is 0.251 e. The number of amides is 1. The highest BCUT2D eigenvalue weighted by atomic mass is 16.5. The fraction of sp³-hybridized carbons (Fsp3) is 0.146. The van der Waals surface area contributed by atoms with E-state index < -0.39 is 11.0 Å². The van der Waals surface area contributed by atoms with Gasteiger partial charge in [-0.3, -0.25) is 9.69 Å². The zero-order valence-corrected chi connectivity index (χ0v) is 25.7. The molecule has 0 unspecified atom stereocenters. The molecule has 5 aromatic carbocycles. The number of fused-ring (bicyclic) bond motifs is 1. The van der Waals surface area contributed by atoms with Crippen LogP contribution in [0.5, 0.6) is 5.75 Å². The van der Waals surface area contributed by atoms with Gasteiger partial charge in [0.15, 0.2) is 0 Å². The van der Waals surface area contributed by atoms with E-state index >= 15 is 0 Å². The smallest absolute Gasteiger partial charge is 0.251 e. The third-order valence-corrected chi connectivity index (χ3v) is 8.62. The molecule has 0 atom stereocenters. The summed E-state index contributed by atoms with van der Waals surface area (Å²) in [6, 6.07) is 46.4. The average Bonchev–Trinajstić information content (AvgIpc) is 3.06. The Labute approximate surface area is 260 Å².